The molecule has 7 heteroatoms. The molecule has 0 unspecified atom stereocenters. The van der Waals surface area contributed by atoms with E-state index in [1.54, 1.807) is 6.07 Å². The van der Waals surface area contributed by atoms with E-state index in [1.165, 1.54) is 18.2 Å². The van der Waals surface area contributed by atoms with Gasteiger partial charge in [-0.3, -0.25) is 0 Å². The van der Waals surface area contributed by atoms with Crippen molar-refractivity contribution < 1.29 is 27.4 Å². The second-order valence-electron chi connectivity index (χ2n) is 4.54. The van der Waals surface area contributed by atoms with Crippen molar-refractivity contribution in [3.63, 3.8) is 0 Å². The standard InChI is InChI=1S/C12H15FO5S/c1-19(15,16)8-12(17-7-9(6-14)18-12)10-4-2-3-5-11(10)13/h2-5,9,14H,6-8H2,1H3/t9-,12-/m1/s1. The van der Waals surface area contributed by atoms with Crippen molar-refractivity contribution in [3.05, 3.63) is 35.6 Å². The van der Waals surface area contributed by atoms with Crippen molar-refractivity contribution in [2.45, 2.75) is 11.9 Å². The van der Waals surface area contributed by atoms with Gasteiger partial charge in [-0.1, -0.05) is 18.2 Å². The van der Waals surface area contributed by atoms with Crippen molar-refractivity contribution in [1.29, 1.82) is 0 Å². The summed E-state index contributed by atoms with van der Waals surface area (Å²) in [6, 6.07) is 5.69. The van der Waals surface area contributed by atoms with Gasteiger partial charge in [-0.2, -0.15) is 0 Å². The maximum absolute atomic E-state index is 13.9. The van der Waals surface area contributed by atoms with Crippen LogP contribution < -0.4 is 0 Å². The topological polar surface area (TPSA) is 72.8 Å². The molecular formula is C12H15FO5S. The van der Waals surface area contributed by atoms with Crippen molar-refractivity contribution >= 4 is 9.84 Å². The van der Waals surface area contributed by atoms with E-state index in [4.69, 9.17) is 14.6 Å². The van der Waals surface area contributed by atoms with Crippen LogP contribution in [0, 0.1) is 5.82 Å². The number of sulfone groups is 1. The Bertz CT molecular complexity index is 559. The molecule has 0 aliphatic carbocycles. The number of ether oxygens (including phenoxy) is 2. The number of hydrogen-bond acceptors (Lipinski definition) is 5. The summed E-state index contributed by atoms with van der Waals surface area (Å²) >= 11 is 0. The first-order chi connectivity index (χ1) is 8.86. The van der Waals surface area contributed by atoms with Crippen LogP contribution in [0.4, 0.5) is 4.39 Å². The van der Waals surface area contributed by atoms with Gasteiger partial charge in [0.2, 0.25) is 5.79 Å². The summed E-state index contributed by atoms with van der Waals surface area (Å²) in [6.07, 6.45) is 0.357. The lowest BCUT2D eigenvalue weighted by Crippen LogP contribution is -2.37. The molecule has 1 aliphatic rings. The second kappa shape index (κ2) is 5.16. The molecule has 19 heavy (non-hydrogen) atoms. The Hall–Kier alpha value is -1.02. The van der Waals surface area contributed by atoms with Gasteiger partial charge in [-0.15, -0.1) is 0 Å². The largest absolute Gasteiger partial charge is 0.394 e. The van der Waals surface area contributed by atoms with Gasteiger partial charge in [0.1, 0.15) is 17.7 Å². The van der Waals surface area contributed by atoms with Crippen LogP contribution in [0.15, 0.2) is 24.3 Å². The van der Waals surface area contributed by atoms with Gasteiger partial charge in [-0.25, -0.2) is 12.8 Å². The minimum atomic E-state index is -3.46. The van der Waals surface area contributed by atoms with Crippen molar-refractivity contribution in [2.75, 3.05) is 25.2 Å². The molecule has 0 saturated carbocycles. The van der Waals surface area contributed by atoms with Crippen LogP contribution in [0.1, 0.15) is 5.56 Å². The minimum Gasteiger partial charge on any atom is -0.394 e. The van der Waals surface area contributed by atoms with E-state index >= 15 is 0 Å². The number of rotatable bonds is 4. The third kappa shape index (κ3) is 3.11. The molecule has 2 atom stereocenters. The average molecular weight is 290 g/mol. The van der Waals surface area contributed by atoms with Crippen LogP contribution in [-0.2, 0) is 25.1 Å². The highest BCUT2D eigenvalue weighted by molar-refractivity contribution is 7.90. The number of aliphatic hydroxyl groups is 1. The molecule has 1 saturated heterocycles. The zero-order valence-electron chi connectivity index (χ0n) is 10.4. The fraction of sp³-hybridized carbons (Fsp3) is 0.500. The molecular weight excluding hydrogens is 275 g/mol. The van der Waals surface area contributed by atoms with Gasteiger partial charge < -0.3 is 14.6 Å². The lowest BCUT2D eigenvalue weighted by Gasteiger charge is -2.27. The summed E-state index contributed by atoms with van der Waals surface area (Å²) in [5, 5.41) is 9.06. The third-order valence-corrected chi connectivity index (χ3v) is 3.70. The van der Waals surface area contributed by atoms with Gasteiger partial charge >= 0.3 is 0 Å². The SMILES string of the molecule is CS(=O)(=O)C[C@@]1(c2ccccc2F)OC[C@@H](CO)O1. The summed E-state index contributed by atoms with van der Waals surface area (Å²) in [5.41, 5.74) is 0.0244. The molecule has 1 N–H and O–H groups in total. The monoisotopic (exact) mass is 290 g/mol. The van der Waals surface area contributed by atoms with E-state index < -0.39 is 33.3 Å². The lowest BCUT2D eigenvalue weighted by molar-refractivity contribution is -0.164. The van der Waals surface area contributed by atoms with E-state index in [2.05, 4.69) is 0 Å². The molecule has 0 spiro atoms. The average Bonchev–Trinajstić information content (AvgIpc) is 2.71. The number of halogens is 1. The quantitative estimate of drug-likeness (QED) is 0.870. The van der Waals surface area contributed by atoms with Gasteiger partial charge in [-0.05, 0) is 6.07 Å². The van der Waals surface area contributed by atoms with E-state index in [-0.39, 0.29) is 18.8 Å². The third-order valence-electron chi connectivity index (χ3n) is 2.80. The van der Waals surface area contributed by atoms with E-state index in [9.17, 15) is 12.8 Å². The zero-order valence-corrected chi connectivity index (χ0v) is 11.2. The Labute approximate surface area is 110 Å². The lowest BCUT2D eigenvalue weighted by atomic mass is 10.1. The Morgan fingerprint density at radius 3 is 2.68 bits per heavy atom. The van der Waals surface area contributed by atoms with Gasteiger partial charge in [0.25, 0.3) is 0 Å². The van der Waals surface area contributed by atoms with Crippen molar-refractivity contribution in [1.82, 2.24) is 0 Å². The number of hydrogen-bond donors (Lipinski definition) is 1. The fourth-order valence-corrected chi connectivity index (χ4v) is 3.06. The first kappa shape index (κ1) is 14.4. The normalized spacial score (nSPS) is 27.6. The maximum atomic E-state index is 13.9. The number of aliphatic hydroxyl groups excluding tert-OH is 1. The molecule has 1 heterocycles. The molecule has 1 aromatic rings. The highest BCUT2D eigenvalue weighted by Gasteiger charge is 2.47. The molecule has 1 aromatic carbocycles. The summed E-state index contributed by atoms with van der Waals surface area (Å²) in [6.45, 7) is -0.305. The molecule has 106 valence electrons. The molecule has 2 rings (SSSR count). The molecule has 1 fully saturated rings. The van der Waals surface area contributed by atoms with Crippen molar-refractivity contribution in [2.24, 2.45) is 0 Å². The molecule has 0 radical (unpaired) electrons. The Morgan fingerprint density at radius 2 is 2.16 bits per heavy atom. The van der Waals surface area contributed by atoms with E-state index in [0.717, 1.165) is 6.26 Å². The highest BCUT2D eigenvalue weighted by atomic mass is 32.2. The van der Waals surface area contributed by atoms with Crippen LogP contribution >= 0.6 is 0 Å². The highest BCUT2D eigenvalue weighted by Crippen LogP contribution is 2.36. The summed E-state index contributed by atoms with van der Waals surface area (Å²) in [7, 11) is -3.46. The Morgan fingerprint density at radius 1 is 1.47 bits per heavy atom. The van der Waals surface area contributed by atoms with Crippen molar-refractivity contribution in [3.8, 4) is 0 Å². The summed E-state index contributed by atoms with van der Waals surface area (Å²) in [5.74, 6) is -2.80. The van der Waals surface area contributed by atoms with Crippen LogP contribution in [0.5, 0.6) is 0 Å². The molecule has 0 aromatic heterocycles. The first-order valence-corrected chi connectivity index (χ1v) is 7.78. The Kier molecular flexibility index (Phi) is 3.91. The summed E-state index contributed by atoms with van der Waals surface area (Å²) in [4.78, 5) is 0. The Balaban J connectivity index is 2.44. The van der Waals surface area contributed by atoms with Crippen LogP contribution in [-0.4, -0.2) is 44.9 Å². The summed E-state index contributed by atoms with van der Waals surface area (Å²) < 4.78 is 47.8. The fourth-order valence-electron chi connectivity index (χ4n) is 2.06. The van der Waals surface area contributed by atoms with Gasteiger partial charge in [0.15, 0.2) is 9.84 Å². The van der Waals surface area contributed by atoms with Gasteiger partial charge in [0, 0.05) is 11.8 Å². The molecule has 1 aliphatic heterocycles. The van der Waals surface area contributed by atoms with Gasteiger partial charge in [0.05, 0.1) is 13.2 Å². The second-order valence-corrected chi connectivity index (χ2v) is 6.68. The maximum Gasteiger partial charge on any atom is 0.212 e. The zero-order chi connectivity index (χ0) is 14.1. The van der Waals surface area contributed by atoms with Crippen LogP contribution in [0.3, 0.4) is 0 Å². The molecule has 0 amide bonds. The van der Waals surface area contributed by atoms with E-state index in [0.29, 0.717) is 0 Å². The predicted molar refractivity (Wildman–Crippen MR) is 65.7 cm³/mol. The first-order valence-electron chi connectivity index (χ1n) is 5.72. The van der Waals surface area contributed by atoms with Crippen LogP contribution in [0.2, 0.25) is 0 Å². The smallest absolute Gasteiger partial charge is 0.212 e. The van der Waals surface area contributed by atoms with E-state index in [1.807, 2.05) is 0 Å². The number of benzene rings is 1. The van der Waals surface area contributed by atoms with Crippen LogP contribution in [0.25, 0.3) is 0 Å². The minimum absolute atomic E-state index is 0.0142. The molecule has 5 nitrogen and oxygen atoms in total. The predicted octanol–water partition coefficient (Wildman–Crippen LogP) is 0.431. The molecule has 0 bridgehead atoms.